The molecule has 3 aliphatic rings. The van der Waals surface area contributed by atoms with Crippen molar-refractivity contribution in [2.75, 3.05) is 0 Å². The normalized spacial score (nSPS) is 31.0. The lowest BCUT2D eigenvalue weighted by atomic mass is 9.81. The zero-order chi connectivity index (χ0) is 17.2. The average Bonchev–Trinajstić information content (AvgIpc) is 3.26. The first-order valence-corrected chi connectivity index (χ1v) is 9.19. The van der Waals surface area contributed by atoms with E-state index in [-0.39, 0.29) is 35.5 Å². The molecule has 2 bridgehead atoms. The predicted molar refractivity (Wildman–Crippen MR) is 89.9 cm³/mol. The lowest BCUT2D eigenvalue weighted by molar-refractivity contribution is -0.143. The van der Waals surface area contributed by atoms with Gasteiger partial charge in [-0.25, -0.2) is 0 Å². The fourth-order valence-corrected chi connectivity index (χ4v) is 5.51. The molecular formula is C18H20N2O3S. The molecule has 2 aliphatic carbocycles. The second kappa shape index (κ2) is 5.28. The van der Waals surface area contributed by atoms with Crippen molar-refractivity contribution in [2.24, 2.45) is 23.7 Å². The highest BCUT2D eigenvalue weighted by molar-refractivity contribution is 7.10. The Morgan fingerprint density at radius 2 is 1.75 bits per heavy atom. The Morgan fingerprint density at radius 1 is 1.17 bits per heavy atom. The van der Waals surface area contributed by atoms with E-state index in [1.165, 1.54) is 22.5 Å². The Morgan fingerprint density at radius 3 is 2.21 bits per heavy atom. The van der Waals surface area contributed by atoms with Crippen molar-refractivity contribution in [3.63, 3.8) is 0 Å². The number of nitrogens with one attached hydrogen (secondary N) is 1. The molecule has 2 saturated carbocycles. The van der Waals surface area contributed by atoms with Crippen LogP contribution in [-0.2, 0) is 9.59 Å². The van der Waals surface area contributed by atoms with Crippen molar-refractivity contribution in [3.05, 3.63) is 33.0 Å². The third-order valence-electron chi connectivity index (χ3n) is 5.64. The zero-order valence-corrected chi connectivity index (χ0v) is 14.8. The zero-order valence-electron chi connectivity index (χ0n) is 14.0. The standard InChI is InChI=1S/C18H20N2O3S/c1-8(2)13-11-4-5-12(13)15-14(11)17(22)20(18(15)23)19-16(21)10-6-9(3)24-7-10/h6-7,11-12,14-15H,4-5H2,1-3H3,(H,19,21)/t11-,12-,14+,15+/m1/s1. The number of fused-ring (bicyclic) bond motifs is 5. The van der Waals surface area contributed by atoms with E-state index in [1.807, 2.05) is 6.92 Å². The van der Waals surface area contributed by atoms with E-state index in [9.17, 15) is 14.4 Å². The largest absolute Gasteiger partial charge is 0.272 e. The summed E-state index contributed by atoms with van der Waals surface area (Å²) in [6.45, 7) is 6.04. The average molecular weight is 344 g/mol. The molecule has 1 aromatic rings. The lowest BCUT2D eigenvalue weighted by Crippen LogP contribution is -2.47. The van der Waals surface area contributed by atoms with Crippen LogP contribution in [0.25, 0.3) is 0 Å². The van der Waals surface area contributed by atoms with Gasteiger partial charge in [-0.05, 0) is 51.5 Å². The summed E-state index contributed by atoms with van der Waals surface area (Å²) in [5.41, 5.74) is 5.57. The number of nitrogens with zero attached hydrogens (tertiary/aromatic N) is 1. The van der Waals surface area contributed by atoms with Gasteiger partial charge in [-0.1, -0.05) is 11.1 Å². The van der Waals surface area contributed by atoms with Crippen molar-refractivity contribution in [3.8, 4) is 0 Å². The van der Waals surface area contributed by atoms with Gasteiger partial charge in [0, 0.05) is 10.3 Å². The van der Waals surface area contributed by atoms with Gasteiger partial charge >= 0.3 is 0 Å². The van der Waals surface area contributed by atoms with Gasteiger partial charge in [-0.15, -0.1) is 11.3 Å². The Hall–Kier alpha value is -1.95. The molecule has 3 fully saturated rings. The third kappa shape index (κ3) is 2.02. The van der Waals surface area contributed by atoms with Crippen LogP contribution in [0, 0.1) is 30.6 Å². The third-order valence-corrected chi connectivity index (χ3v) is 6.50. The number of carbonyl (C=O) groups is 3. The minimum Gasteiger partial charge on any atom is -0.272 e. The number of amides is 3. The molecule has 1 aromatic heterocycles. The maximum atomic E-state index is 12.8. The monoisotopic (exact) mass is 344 g/mol. The second-order valence-corrected chi connectivity index (χ2v) is 8.31. The molecule has 3 amide bonds. The van der Waals surface area contributed by atoms with Gasteiger partial charge in [0.25, 0.3) is 17.7 Å². The number of imide groups is 1. The lowest BCUT2D eigenvalue weighted by Gasteiger charge is -2.19. The minimum atomic E-state index is -0.393. The Labute approximate surface area is 144 Å². The summed E-state index contributed by atoms with van der Waals surface area (Å²) in [7, 11) is 0. The highest BCUT2D eigenvalue weighted by atomic mass is 32.1. The minimum absolute atomic E-state index is 0.173. The summed E-state index contributed by atoms with van der Waals surface area (Å²) in [5, 5.41) is 2.72. The maximum absolute atomic E-state index is 12.8. The van der Waals surface area contributed by atoms with E-state index >= 15 is 0 Å². The van der Waals surface area contributed by atoms with Crippen molar-refractivity contribution in [1.29, 1.82) is 0 Å². The number of carbonyl (C=O) groups excluding carboxylic acids is 3. The molecule has 6 heteroatoms. The number of allylic oxidation sites excluding steroid dienone is 2. The van der Waals surface area contributed by atoms with Gasteiger partial charge in [0.1, 0.15) is 0 Å². The van der Waals surface area contributed by atoms with Gasteiger partial charge in [0.15, 0.2) is 0 Å². The molecule has 1 N–H and O–H groups in total. The first-order valence-electron chi connectivity index (χ1n) is 8.31. The topological polar surface area (TPSA) is 66.5 Å². The number of hydrogen-bond acceptors (Lipinski definition) is 4. The van der Waals surface area contributed by atoms with E-state index in [2.05, 4.69) is 19.3 Å². The quantitative estimate of drug-likeness (QED) is 0.662. The molecule has 0 aromatic carbocycles. The first kappa shape index (κ1) is 15.6. The van der Waals surface area contributed by atoms with Gasteiger partial charge in [-0.3, -0.25) is 19.8 Å². The molecule has 2 heterocycles. The molecule has 0 unspecified atom stereocenters. The van der Waals surface area contributed by atoms with Crippen LogP contribution in [0.4, 0.5) is 0 Å². The van der Waals surface area contributed by atoms with Gasteiger partial charge in [0.05, 0.1) is 17.4 Å². The Kier molecular flexibility index (Phi) is 3.42. The fraction of sp³-hybridized carbons (Fsp3) is 0.500. The van der Waals surface area contributed by atoms with Crippen LogP contribution >= 0.6 is 11.3 Å². The van der Waals surface area contributed by atoms with E-state index in [4.69, 9.17) is 0 Å². The van der Waals surface area contributed by atoms with Crippen LogP contribution in [0.15, 0.2) is 22.6 Å². The Balaban J connectivity index is 1.59. The van der Waals surface area contributed by atoms with Crippen LogP contribution < -0.4 is 5.43 Å². The molecule has 24 heavy (non-hydrogen) atoms. The Bertz CT molecular complexity index is 758. The first-order chi connectivity index (χ1) is 11.4. The summed E-state index contributed by atoms with van der Waals surface area (Å²) in [4.78, 5) is 38.9. The van der Waals surface area contributed by atoms with Crippen LogP contribution in [-0.4, -0.2) is 22.7 Å². The summed E-state index contributed by atoms with van der Waals surface area (Å²) in [5.74, 6) is -1.10. The molecule has 4 rings (SSSR count). The smallest absolute Gasteiger partial charge is 0.271 e. The van der Waals surface area contributed by atoms with Crippen LogP contribution in [0.2, 0.25) is 0 Å². The molecule has 126 valence electrons. The highest BCUT2D eigenvalue weighted by Crippen LogP contribution is 2.59. The van der Waals surface area contributed by atoms with Crippen molar-refractivity contribution in [2.45, 2.75) is 33.6 Å². The highest BCUT2D eigenvalue weighted by Gasteiger charge is 2.63. The predicted octanol–water partition coefficient (Wildman–Crippen LogP) is 2.68. The number of aryl methyl sites for hydroxylation is 1. The van der Waals surface area contributed by atoms with E-state index in [0.717, 1.165) is 22.7 Å². The van der Waals surface area contributed by atoms with E-state index < -0.39 is 5.91 Å². The summed E-state index contributed by atoms with van der Waals surface area (Å²) in [6.07, 6.45) is 1.94. The van der Waals surface area contributed by atoms with Crippen molar-refractivity contribution >= 4 is 29.1 Å². The number of hydrazine groups is 1. The number of hydrogen-bond donors (Lipinski definition) is 1. The van der Waals surface area contributed by atoms with Gasteiger partial charge in [-0.2, -0.15) is 5.01 Å². The van der Waals surface area contributed by atoms with E-state index in [1.54, 1.807) is 11.4 Å². The summed E-state index contributed by atoms with van der Waals surface area (Å²) >= 11 is 1.47. The maximum Gasteiger partial charge on any atom is 0.271 e. The van der Waals surface area contributed by atoms with Crippen molar-refractivity contribution in [1.82, 2.24) is 10.4 Å². The molecular weight excluding hydrogens is 324 g/mol. The van der Waals surface area contributed by atoms with Crippen molar-refractivity contribution < 1.29 is 14.4 Å². The molecule has 0 spiro atoms. The fourth-order valence-electron chi connectivity index (χ4n) is 4.83. The van der Waals surface area contributed by atoms with Gasteiger partial charge in [0.2, 0.25) is 0 Å². The molecule has 5 nitrogen and oxygen atoms in total. The van der Waals surface area contributed by atoms with Crippen LogP contribution in [0.1, 0.15) is 41.9 Å². The number of thiophene rings is 1. The molecule has 1 aliphatic heterocycles. The van der Waals surface area contributed by atoms with Crippen LogP contribution in [0.3, 0.4) is 0 Å². The molecule has 1 saturated heterocycles. The van der Waals surface area contributed by atoms with Gasteiger partial charge < -0.3 is 0 Å². The molecule has 4 atom stereocenters. The number of rotatable bonds is 2. The summed E-state index contributed by atoms with van der Waals surface area (Å²) in [6, 6.07) is 1.76. The summed E-state index contributed by atoms with van der Waals surface area (Å²) < 4.78 is 0. The van der Waals surface area contributed by atoms with Crippen LogP contribution in [0.5, 0.6) is 0 Å². The second-order valence-electron chi connectivity index (χ2n) is 7.20. The van der Waals surface area contributed by atoms with E-state index in [0.29, 0.717) is 5.56 Å². The molecule has 0 radical (unpaired) electrons. The SMILES string of the molecule is CC(C)=C1[C@H]2CC[C@H]1[C@@H]1C(=O)N(NC(=O)c3csc(C)c3)C(=O)[C@H]12.